The molecular weight excluding hydrogens is 375 g/mol. The number of halogens is 1. The van der Waals surface area contributed by atoms with Gasteiger partial charge in [0.2, 0.25) is 6.29 Å². The van der Waals surface area contributed by atoms with E-state index in [4.69, 9.17) is 5.11 Å². The lowest BCUT2D eigenvalue weighted by Gasteiger charge is -2.14. The topological polar surface area (TPSA) is 108 Å². The van der Waals surface area contributed by atoms with Crippen molar-refractivity contribution >= 4 is 33.7 Å². The SMILES string of the molecule is Cc1ccc(Nc2sc3c(c2C(=O)NO[C@H](O)CO)CCCC3=O)c(F)c1. The van der Waals surface area contributed by atoms with E-state index >= 15 is 0 Å². The molecule has 144 valence electrons. The first-order valence-electron chi connectivity index (χ1n) is 8.37. The monoisotopic (exact) mass is 394 g/mol. The molecule has 1 heterocycles. The number of hydrogen-bond donors (Lipinski definition) is 4. The average Bonchev–Trinajstić information content (AvgIpc) is 3.01. The highest BCUT2D eigenvalue weighted by atomic mass is 32.1. The lowest BCUT2D eigenvalue weighted by atomic mass is 9.94. The van der Waals surface area contributed by atoms with Crippen molar-refractivity contribution in [2.45, 2.75) is 32.5 Å². The van der Waals surface area contributed by atoms with E-state index in [2.05, 4.69) is 15.6 Å². The predicted octanol–water partition coefficient (Wildman–Crippen LogP) is 2.43. The molecule has 9 heteroatoms. The number of Topliss-reactive ketones (excluding diaryl/α,β-unsaturated/α-hetero) is 1. The minimum Gasteiger partial charge on any atom is -0.391 e. The molecule has 27 heavy (non-hydrogen) atoms. The van der Waals surface area contributed by atoms with Gasteiger partial charge >= 0.3 is 0 Å². The van der Waals surface area contributed by atoms with E-state index in [1.165, 1.54) is 6.07 Å². The zero-order valence-corrected chi connectivity index (χ0v) is 15.4. The Morgan fingerprint density at radius 2 is 2.19 bits per heavy atom. The second kappa shape index (κ2) is 8.13. The van der Waals surface area contributed by atoms with E-state index < -0.39 is 24.6 Å². The number of thiophene rings is 1. The predicted molar refractivity (Wildman–Crippen MR) is 97.7 cm³/mol. The fourth-order valence-corrected chi connectivity index (χ4v) is 4.08. The summed E-state index contributed by atoms with van der Waals surface area (Å²) in [5.41, 5.74) is 3.74. The number of anilines is 2. The van der Waals surface area contributed by atoms with Gasteiger partial charge in [-0.15, -0.1) is 11.3 Å². The Labute approximate surface area is 158 Å². The van der Waals surface area contributed by atoms with E-state index in [0.717, 1.165) is 16.9 Å². The Hall–Kier alpha value is -2.33. The van der Waals surface area contributed by atoms with Crippen molar-refractivity contribution in [3.63, 3.8) is 0 Å². The minimum atomic E-state index is -1.57. The van der Waals surface area contributed by atoms with Gasteiger partial charge in [-0.05, 0) is 43.0 Å². The lowest BCUT2D eigenvalue weighted by Crippen LogP contribution is -2.32. The van der Waals surface area contributed by atoms with Gasteiger partial charge in [0.15, 0.2) is 5.78 Å². The number of fused-ring (bicyclic) bond motifs is 1. The largest absolute Gasteiger partial charge is 0.391 e. The number of amides is 1. The van der Waals surface area contributed by atoms with Gasteiger partial charge in [-0.25, -0.2) is 14.7 Å². The molecule has 0 radical (unpaired) electrons. The summed E-state index contributed by atoms with van der Waals surface area (Å²) in [7, 11) is 0. The number of ketones is 1. The number of hydroxylamine groups is 1. The molecule has 4 N–H and O–H groups in total. The van der Waals surface area contributed by atoms with Crippen LogP contribution in [0.5, 0.6) is 0 Å². The van der Waals surface area contributed by atoms with Crippen molar-refractivity contribution < 1.29 is 29.0 Å². The third kappa shape index (κ3) is 4.16. The third-order valence-electron chi connectivity index (χ3n) is 4.13. The van der Waals surface area contributed by atoms with Crippen LogP contribution >= 0.6 is 11.3 Å². The summed E-state index contributed by atoms with van der Waals surface area (Å²) in [5.74, 6) is -1.24. The highest BCUT2D eigenvalue weighted by Gasteiger charge is 2.30. The average molecular weight is 394 g/mol. The normalized spacial score (nSPS) is 14.6. The van der Waals surface area contributed by atoms with Crippen molar-refractivity contribution in [2.75, 3.05) is 11.9 Å². The van der Waals surface area contributed by atoms with E-state index in [9.17, 15) is 19.1 Å². The first-order chi connectivity index (χ1) is 12.9. The van der Waals surface area contributed by atoms with Crippen molar-refractivity contribution in [1.29, 1.82) is 0 Å². The highest BCUT2D eigenvalue weighted by Crippen LogP contribution is 2.39. The van der Waals surface area contributed by atoms with E-state index in [1.807, 2.05) is 0 Å². The van der Waals surface area contributed by atoms with Crippen LogP contribution in [0.3, 0.4) is 0 Å². The molecule has 0 bridgehead atoms. The number of carbonyl (C=O) groups excluding carboxylic acids is 2. The van der Waals surface area contributed by atoms with Crippen molar-refractivity contribution in [3.05, 3.63) is 45.6 Å². The third-order valence-corrected chi connectivity index (χ3v) is 5.32. The van der Waals surface area contributed by atoms with Crippen molar-refractivity contribution in [1.82, 2.24) is 5.48 Å². The zero-order valence-electron chi connectivity index (χ0n) is 14.5. The zero-order chi connectivity index (χ0) is 19.6. The Kier molecular flexibility index (Phi) is 5.85. The summed E-state index contributed by atoms with van der Waals surface area (Å²) in [6.07, 6.45) is -0.0366. The molecule has 7 nitrogen and oxygen atoms in total. The van der Waals surface area contributed by atoms with Crippen LogP contribution < -0.4 is 10.8 Å². The maximum atomic E-state index is 14.2. The molecule has 0 saturated carbocycles. The summed E-state index contributed by atoms with van der Waals surface area (Å²) >= 11 is 1.09. The Balaban J connectivity index is 1.97. The van der Waals surface area contributed by atoms with E-state index in [1.54, 1.807) is 19.1 Å². The molecule has 1 amide bonds. The number of rotatable bonds is 6. The quantitative estimate of drug-likeness (QED) is 0.443. The van der Waals surface area contributed by atoms with E-state index in [0.29, 0.717) is 34.7 Å². The van der Waals surface area contributed by atoms with Gasteiger partial charge < -0.3 is 15.5 Å². The molecule has 0 fully saturated rings. The lowest BCUT2D eigenvalue weighted by molar-refractivity contribution is -0.154. The van der Waals surface area contributed by atoms with Gasteiger partial charge in [0.25, 0.3) is 5.91 Å². The maximum Gasteiger partial charge on any atom is 0.278 e. The standard InChI is InChI=1S/C18H19FN2O5S/c1-9-5-6-12(11(19)7-9)20-18-15(17(25)21-26-14(24)8-22)10-3-2-4-13(23)16(10)27-18/h5-7,14,20,22,24H,2-4,8H2,1H3,(H,21,25)/t14-/m0/s1. The molecule has 0 spiro atoms. The number of aliphatic hydroxyl groups is 2. The van der Waals surface area contributed by atoms with Gasteiger partial charge in [0.1, 0.15) is 10.8 Å². The molecule has 1 atom stereocenters. The molecule has 2 aromatic rings. The summed E-state index contributed by atoms with van der Waals surface area (Å²) in [6.45, 7) is 1.07. The molecule has 1 aliphatic carbocycles. The molecule has 3 rings (SSSR count). The Bertz CT molecular complexity index is 883. The fraction of sp³-hybridized carbons (Fsp3) is 0.333. The van der Waals surface area contributed by atoms with Crippen LogP contribution in [-0.2, 0) is 11.3 Å². The van der Waals surface area contributed by atoms with Crippen LogP contribution in [0.4, 0.5) is 15.1 Å². The summed E-state index contributed by atoms with van der Waals surface area (Å²) < 4.78 is 14.2. The second-order valence-corrected chi connectivity index (χ2v) is 7.21. The first kappa shape index (κ1) is 19.4. The first-order valence-corrected chi connectivity index (χ1v) is 9.19. The van der Waals surface area contributed by atoms with E-state index in [-0.39, 0.29) is 17.0 Å². The minimum absolute atomic E-state index is 0.0657. The smallest absolute Gasteiger partial charge is 0.278 e. The summed E-state index contributed by atoms with van der Waals surface area (Å²) in [5, 5.41) is 21.2. The van der Waals surface area contributed by atoms with Gasteiger partial charge in [-0.2, -0.15) is 0 Å². The molecule has 1 aliphatic rings. The van der Waals surface area contributed by atoms with Crippen LogP contribution in [-0.4, -0.2) is 34.8 Å². The second-order valence-electron chi connectivity index (χ2n) is 6.19. The number of aryl methyl sites for hydroxylation is 1. The molecular formula is C18H19FN2O5S. The molecule has 0 saturated heterocycles. The summed E-state index contributed by atoms with van der Waals surface area (Å²) in [6, 6.07) is 4.64. The Morgan fingerprint density at radius 3 is 2.89 bits per heavy atom. The number of hydrogen-bond acceptors (Lipinski definition) is 7. The highest BCUT2D eigenvalue weighted by molar-refractivity contribution is 7.18. The van der Waals surface area contributed by atoms with Crippen LogP contribution in [0, 0.1) is 12.7 Å². The van der Waals surface area contributed by atoms with Crippen LogP contribution in [0.25, 0.3) is 0 Å². The van der Waals surface area contributed by atoms with Crippen molar-refractivity contribution in [2.24, 2.45) is 0 Å². The maximum absolute atomic E-state index is 14.2. The molecule has 0 unspecified atom stereocenters. The van der Waals surface area contributed by atoms with Gasteiger partial charge in [0, 0.05) is 6.42 Å². The number of aliphatic hydroxyl groups excluding tert-OH is 2. The number of nitrogens with one attached hydrogen (secondary N) is 2. The van der Waals surface area contributed by atoms with Crippen LogP contribution in [0.2, 0.25) is 0 Å². The number of benzene rings is 1. The van der Waals surface area contributed by atoms with Gasteiger partial charge in [0.05, 0.1) is 22.7 Å². The van der Waals surface area contributed by atoms with Crippen LogP contribution in [0.1, 0.15) is 44.0 Å². The summed E-state index contributed by atoms with van der Waals surface area (Å²) in [4.78, 5) is 29.9. The molecule has 0 aliphatic heterocycles. The Morgan fingerprint density at radius 1 is 1.41 bits per heavy atom. The molecule has 1 aromatic carbocycles. The van der Waals surface area contributed by atoms with Gasteiger partial charge in [-0.3, -0.25) is 9.59 Å². The number of carbonyl (C=O) groups is 2. The van der Waals surface area contributed by atoms with Crippen molar-refractivity contribution in [3.8, 4) is 0 Å². The fourth-order valence-electron chi connectivity index (χ4n) is 2.85. The van der Waals surface area contributed by atoms with Gasteiger partial charge in [-0.1, -0.05) is 6.07 Å². The molecule has 1 aromatic heterocycles. The van der Waals surface area contributed by atoms with Crippen LogP contribution in [0.15, 0.2) is 18.2 Å².